The van der Waals surface area contributed by atoms with Crippen LogP contribution in [0.5, 0.6) is 0 Å². The Balaban J connectivity index is 1.52. The van der Waals surface area contributed by atoms with Crippen molar-refractivity contribution in [3.05, 3.63) is 89.3 Å². The number of aromatic nitrogens is 4. The van der Waals surface area contributed by atoms with Crippen LogP contribution in [0.1, 0.15) is 11.3 Å². The molecular weight excluding hydrogens is 408 g/mol. The molecule has 0 aliphatic heterocycles. The summed E-state index contributed by atoms with van der Waals surface area (Å²) in [5.74, 6) is 0.721. The quantitative estimate of drug-likeness (QED) is 0.422. The highest BCUT2D eigenvalue weighted by Crippen LogP contribution is 2.28. The first-order valence-electron chi connectivity index (χ1n) is 9.84. The topological polar surface area (TPSA) is 79.4 Å². The first-order chi connectivity index (χ1) is 15.2. The van der Waals surface area contributed by atoms with E-state index in [1.54, 1.807) is 18.3 Å². The molecule has 2 aromatic carbocycles. The highest BCUT2D eigenvalue weighted by molar-refractivity contribution is 6.31. The van der Waals surface area contributed by atoms with Crippen LogP contribution in [-0.4, -0.2) is 26.3 Å². The Morgan fingerprint density at radius 3 is 2.68 bits per heavy atom. The molecule has 6 nitrogen and oxygen atoms in total. The second kappa shape index (κ2) is 8.05. The van der Waals surface area contributed by atoms with Crippen molar-refractivity contribution < 1.29 is 0 Å². The number of pyridine rings is 2. The summed E-state index contributed by atoms with van der Waals surface area (Å²) in [6.45, 7) is 0.642. The van der Waals surface area contributed by atoms with Crippen molar-refractivity contribution in [1.82, 2.24) is 19.7 Å². The minimum absolute atomic E-state index is 0.536. The highest BCUT2D eigenvalue weighted by Gasteiger charge is 2.14. The van der Waals surface area contributed by atoms with E-state index in [0.29, 0.717) is 23.6 Å². The van der Waals surface area contributed by atoms with Gasteiger partial charge in [-0.25, -0.2) is 9.67 Å². The largest absolute Gasteiger partial charge is 0.370 e. The number of halogens is 1. The van der Waals surface area contributed by atoms with E-state index >= 15 is 0 Å². The zero-order valence-corrected chi connectivity index (χ0v) is 17.2. The van der Waals surface area contributed by atoms with Crippen molar-refractivity contribution in [2.45, 2.75) is 6.42 Å². The zero-order valence-electron chi connectivity index (χ0n) is 16.5. The van der Waals surface area contributed by atoms with Crippen LogP contribution in [0.3, 0.4) is 0 Å². The van der Waals surface area contributed by atoms with Crippen molar-refractivity contribution in [1.29, 1.82) is 5.26 Å². The summed E-state index contributed by atoms with van der Waals surface area (Å²) in [5.41, 5.74) is 4.19. The van der Waals surface area contributed by atoms with Crippen LogP contribution in [0, 0.1) is 11.3 Å². The average Bonchev–Trinajstić information content (AvgIpc) is 3.26. The number of hydrogen-bond acceptors (Lipinski definition) is 5. The lowest BCUT2D eigenvalue weighted by Gasteiger charge is -2.08. The first kappa shape index (κ1) is 19.0. The molecule has 3 aromatic heterocycles. The fourth-order valence-corrected chi connectivity index (χ4v) is 3.73. The molecule has 0 unspecified atom stereocenters. The van der Waals surface area contributed by atoms with Crippen molar-refractivity contribution in [3.8, 4) is 11.8 Å². The Morgan fingerprint density at radius 1 is 1.03 bits per heavy atom. The molecule has 0 radical (unpaired) electrons. The molecule has 0 bridgehead atoms. The molecule has 0 fully saturated rings. The van der Waals surface area contributed by atoms with Gasteiger partial charge < -0.3 is 5.32 Å². The number of anilines is 1. The molecule has 0 saturated heterocycles. The molecule has 0 aliphatic carbocycles. The fourth-order valence-electron chi connectivity index (χ4n) is 3.56. The van der Waals surface area contributed by atoms with Gasteiger partial charge in [0, 0.05) is 41.2 Å². The summed E-state index contributed by atoms with van der Waals surface area (Å²) >= 11 is 6.22. The lowest BCUT2D eigenvalue weighted by atomic mass is 10.1. The van der Waals surface area contributed by atoms with Gasteiger partial charge in [0.05, 0.1) is 22.5 Å². The molecule has 31 heavy (non-hydrogen) atoms. The number of rotatable bonds is 5. The molecule has 3 heterocycles. The minimum atomic E-state index is 0.536. The summed E-state index contributed by atoms with van der Waals surface area (Å²) in [5, 5.41) is 19.7. The molecule has 7 heteroatoms. The van der Waals surface area contributed by atoms with Gasteiger partial charge in [-0.1, -0.05) is 29.8 Å². The summed E-state index contributed by atoms with van der Waals surface area (Å²) < 4.78 is 1.89. The maximum atomic E-state index is 8.91. The number of nitriles is 1. The number of hydrogen-bond donors (Lipinski definition) is 1. The predicted octanol–water partition coefficient (Wildman–Crippen LogP) is 5.15. The Bertz CT molecular complexity index is 1420. The SMILES string of the molecule is N#Cc1ccc(NCCc2nc3cc(Cl)ccc3c3nn(-c4ccccc4)cc23)nc1. The van der Waals surface area contributed by atoms with Gasteiger partial charge in [-0.2, -0.15) is 10.4 Å². The number of para-hydroxylation sites is 1. The summed E-state index contributed by atoms with van der Waals surface area (Å²) in [4.78, 5) is 9.15. The molecule has 1 N–H and O–H groups in total. The third kappa shape index (κ3) is 3.79. The minimum Gasteiger partial charge on any atom is -0.370 e. The number of nitrogens with one attached hydrogen (secondary N) is 1. The van der Waals surface area contributed by atoms with E-state index in [-0.39, 0.29) is 0 Å². The first-order valence-corrected chi connectivity index (χ1v) is 10.2. The van der Waals surface area contributed by atoms with Crippen molar-refractivity contribution >= 4 is 39.2 Å². The van der Waals surface area contributed by atoms with E-state index in [1.807, 2.05) is 59.4 Å². The van der Waals surface area contributed by atoms with Gasteiger partial charge in [0.1, 0.15) is 17.4 Å². The van der Waals surface area contributed by atoms with Gasteiger partial charge in [0.2, 0.25) is 0 Å². The molecule has 0 atom stereocenters. The fraction of sp³-hybridized carbons (Fsp3) is 0.0833. The second-order valence-corrected chi connectivity index (χ2v) is 7.55. The highest BCUT2D eigenvalue weighted by atomic mass is 35.5. The zero-order chi connectivity index (χ0) is 21.2. The van der Waals surface area contributed by atoms with Gasteiger partial charge in [0.15, 0.2) is 0 Å². The van der Waals surface area contributed by atoms with Crippen molar-refractivity contribution in [3.63, 3.8) is 0 Å². The normalized spacial score (nSPS) is 11.0. The Kier molecular flexibility index (Phi) is 4.95. The van der Waals surface area contributed by atoms with Crippen LogP contribution in [0.15, 0.2) is 73.1 Å². The molecule has 0 spiro atoms. The molecule has 0 amide bonds. The van der Waals surface area contributed by atoms with Gasteiger partial charge in [-0.05, 0) is 42.5 Å². The standard InChI is InChI=1S/C24H17ClN6/c25-17-7-8-19-22(12-17)29-21(10-11-27-23-9-6-16(13-26)14-28-23)20-15-31(30-24(19)20)18-4-2-1-3-5-18/h1-9,12,14-15H,10-11H2,(H,27,28). The van der Waals surface area contributed by atoms with E-state index < -0.39 is 0 Å². The van der Waals surface area contributed by atoms with Crippen LogP contribution in [0.25, 0.3) is 27.5 Å². The number of nitrogens with zero attached hydrogens (tertiary/aromatic N) is 5. The summed E-state index contributed by atoms with van der Waals surface area (Å²) in [6, 6.07) is 21.3. The maximum Gasteiger partial charge on any atom is 0.125 e. The number of fused-ring (bicyclic) bond motifs is 3. The van der Waals surface area contributed by atoms with Crippen LogP contribution < -0.4 is 5.32 Å². The summed E-state index contributed by atoms with van der Waals surface area (Å²) in [6.07, 6.45) is 4.27. The van der Waals surface area contributed by atoms with E-state index in [2.05, 4.69) is 16.4 Å². The lowest BCUT2D eigenvalue weighted by molar-refractivity contribution is 0.897. The molecule has 0 saturated carbocycles. The van der Waals surface area contributed by atoms with Crippen LogP contribution in [0.2, 0.25) is 5.02 Å². The van der Waals surface area contributed by atoms with Crippen LogP contribution >= 0.6 is 11.6 Å². The summed E-state index contributed by atoms with van der Waals surface area (Å²) in [7, 11) is 0. The second-order valence-electron chi connectivity index (χ2n) is 7.11. The predicted molar refractivity (Wildman–Crippen MR) is 123 cm³/mol. The van der Waals surface area contributed by atoms with Gasteiger partial charge in [0.25, 0.3) is 0 Å². The maximum absolute atomic E-state index is 8.91. The van der Waals surface area contributed by atoms with E-state index in [1.165, 1.54) is 0 Å². The van der Waals surface area contributed by atoms with Gasteiger partial charge in [-0.15, -0.1) is 0 Å². The van der Waals surface area contributed by atoms with Crippen molar-refractivity contribution in [2.75, 3.05) is 11.9 Å². The van der Waals surface area contributed by atoms with Crippen LogP contribution in [-0.2, 0) is 6.42 Å². The monoisotopic (exact) mass is 424 g/mol. The molecule has 5 aromatic rings. The van der Waals surface area contributed by atoms with E-state index in [0.717, 1.165) is 39.0 Å². The average molecular weight is 425 g/mol. The Labute approximate surface area is 183 Å². The third-order valence-electron chi connectivity index (χ3n) is 5.08. The van der Waals surface area contributed by atoms with E-state index in [9.17, 15) is 0 Å². The van der Waals surface area contributed by atoms with Crippen molar-refractivity contribution in [2.24, 2.45) is 0 Å². The molecule has 150 valence electrons. The van der Waals surface area contributed by atoms with Gasteiger partial charge in [-0.3, -0.25) is 4.98 Å². The molecule has 0 aliphatic rings. The van der Waals surface area contributed by atoms with E-state index in [4.69, 9.17) is 26.9 Å². The smallest absolute Gasteiger partial charge is 0.125 e. The Morgan fingerprint density at radius 2 is 1.90 bits per heavy atom. The number of benzene rings is 2. The molecule has 5 rings (SSSR count). The molecular formula is C24H17ClN6. The Hall–Kier alpha value is -3.95. The third-order valence-corrected chi connectivity index (χ3v) is 5.31. The van der Waals surface area contributed by atoms with Gasteiger partial charge >= 0.3 is 0 Å². The lowest BCUT2D eigenvalue weighted by Crippen LogP contribution is -2.07. The van der Waals surface area contributed by atoms with Crippen LogP contribution in [0.4, 0.5) is 5.82 Å².